The van der Waals surface area contributed by atoms with Crippen LogP contribution in [0.2, 0.25) is 0 Å². The number of hydrogen-bond acceptors (Lipinski definition) is 4. The fraction of sp³-hybridized carbons (Fsp3) is 0.444. The number of benzene rings is 1. The zero-order chi connectivity index (χ0) is 22.8. The van der Waals surface area contributed by atoms with Gasteiger partial charge < -0.3 is 15.0 Å². The van der Waals surface area contributed by atoms with Crippen LogP contribution in [-0.2, 0) is 26.3 Å². The van der Waals surface area contributed by atoms with Gasteiger partial charge in [0.15, 0.2) is 0 Å². The molecule has 3 aliphatic rings. The number of piperidine rings is 1. The highest BCUT2D eigenvalue weighted by Crippen LogP contribution is 2.52. The lowest BCUT2D eigenvalue weighted by Crippen LogP contribution is -2.52. The molecule has 2 aliphatic carbocycles. The molecule has 0 unspecified atom stereocenters. The predicted octanol–water partition coefficient (Wildman–Crippen LogP) is 3.83. The first kappa shape index (κ1) is 21.8. The van der Waals surface area contributed by atoms with Crippen molar-refractivity contribution < 1.29 is 14.3 Å². The van der Waals surface area contributed by atoms with Gasteiger partial charge in [-0.15, -0.1) is 0 Å². The fourth-order valence-corrected chi connectivity index (χ4v) is 5.87. The Morgan fingerprint density at radius 1 is 1.15 bits per heavy atom. The molecule has 1 aromatic carbocycles. The number of rotatable bonds is 5. The second-order valence-electron chi connectivity index (χ2n) is 9.39. The number of carbonyl (C=O) groups is 2. The summed E-state index contributed by atoms with van der Waals surface area (Å²) in [4.78, 5) is 31.6. The quantitative estimate of drug-likeness (QED) is 0.759. The molecule has 2 atom stereocenters. The number of pyridine rings is 1. The smallest absolute Gasteiger partial charge is 0.249 e. The molecular weight excluding hydrogens is 414 g/mol. The van der Waals surface area contributed by atoms with Crippen LogP contribution >= 0.6 is 0 Å². The zero-order valence-electron chi connectivity index (χ0n) is 19.1. The number of nitrogens with zero attached hydrogens (tertiary/aromatic N) is 2. The maximum atomic E-state index is 13.0. The van der Waals surface area contributed by atoms with Gasteiger partial charge in [-0.3, -0.25) is 14.6 Å². The predicted molar refractivity (Wildman–Crippen MR) is 125 cm³/mol. The summed E-state index contributed by atoms with van der Waals surface area (Å²) in [6.45, 7) is 3.33. The first-order valence-electron chi connectivity index (χ1n) is 11.9. The van der Waals surface area contributed by atoms with Gasteiger partial charge in [0.25, 0.3) is 0 Å². The summed E-state index contributed by atoms with van der Waals surface area (Å²) >= 11 is 0. The van der Waals surface area contributed by atoms with E-state index in [0.29, 0.717) is 19.7 Å². The van der Waals surface area contributed by atoms with Gasteiger partial charge in [-0.05, 0) is 55.4 Å². The minimum absolute atomic E-state index is 0.0703. The number of nitrogens with one attached hydrogen (secondary N) is 1. The molecule has 1 spiro atoms. The topological polar surface area (TPSA) is 71.5 Å². The van der Waals surface area contributed by atoms with E-state index in [1.165, 1.54) is 5.56 Å². The molecular formula is C27H31N3O3. The van der Waals surface area contributed by atoms with Crippen molar-refractivity contribution in [1.29, 1.82) is 0 Å². The number of ether oxygens (including phenoxy) is 1. The summed E-state index contributed by atoms with van der Waals surface area (Å²) < 4.78 is 6.58. The van der Waals surface area contributed by atoms with Crippen molar-refractivity contribution in [2.24, 2.45) is 0 Å². The molecule has 1 aliphatic heterocycles. The Morgan fingerprint density at radius 3 is 2.64 bits per heavy atom. The van der Waals surface area contributed by atoms with Crippen molar-refractivity contribution >= 4 is 11.8 Å². The van der Waals surface area contributed by atoms with Gasteiger partial charge >= 0.3 is 0 Å². The van der Waals surface area contributed by atoms with E-state index in [9.17, 15) is 9.59 Å². The average molecular weight is 446 g/mol. The molecule has 2 aromatic rings. The minimum Gasteiger partial charge on any atom is -0.368 e. The number of likely N-dealkylation sites (tertiary alicyclic amines) is 1. The number of aromatic nitrogens is 1. The summed E-state index contributed by atoms with van der Waals surface area (Å²) in [5.41, 5.74) is 3.95. The van der Waals surface area contributed by atoms with Crippen molar-refractivity contribution in [3.05, 3.63) is 77.1 Å². The molecule has 1 aromatic heterocycles. The normalized spacial score (nSPS) is 23.3. The maximum absolute atomic E-state index is 13.0. The van der Waals surface area contributed by atoms with Crippen LogP contribution in [0.15, 0.2) is 60.3 Å². The van der Waals surface area contributed by atoms with E-state index in [2.05, 4.69) is 34.6 Å². The fourth-order valence-electron chi connectivity index (χ4n) is 5.87. The van der Waals surface area contributed by atoms with Crippen LogP contribution < -0.4 is 5.32 Å². The van der Waals surface area contributed by atoms with Crippen molar-refractivity contribution in [2.45, 2.75) is 63.2 Å². The number of allylic oxidation sites excluding steroid dienone is 1. The zero-order valence-corrected chi connectivity index (χ0v) is 19.1. The van der Waals surface area contributed by atoms with Gasteiger partial charge in [0.05, 0.1) is 24.4 Å². The van der Waals surface area contributed by atoms with Gasteiger partial charge in [0.2, 0.25) is 11.8 Å². The largest absolute Gasteiger partial charge is 0.368 e. The van der Waals surface area contributed by atoms with Crippen molar-refractivity contribution in [3.63, 3.8) is 0 Å². The Bertz CT molecular complexity index is 1060. The van der Waals surface area contributed by atoms with Gasteiger partial charge in [-0.2, -0.15) is 0 Å². The van der Waals surface area contributed by atoms with E-state index in [4.69, 9.17) is 4.74 Å². The number of carbonyl (C=O) groups excluding carboxylic acids is 2. The molecule has 1 saturated heterocycles. The van der Waals surface area contributed by atoms with Gasteiger partial charge in [0, 0.05) is 37.2 Å². The number of amides is 2. The summed E-state index contributed by atoms with van der Waals surface area (Å²) in [7, 11) is 0. The third-order valence-electron chi connectivity index (χ3n) is 7.43. The molecule has 1 fully saturated rings. The lowest BCUT2D eigenvalue weighted by atomic mass is 9.71. The summed E-state index contributed by atoms with van der Waals surface area (Å²) in [6, 6.07) is 13.9. The number of fused-ring (bicyclic) bond motifs is 2. The molecule has 6 heteroatoms. The Morgan fingerprint density at radius 2 is 1.94 bits per heavy atom. The summed E-state index contributed by atoms with van der Waals surface area (Å²) in [6.07, 6.45) is 8.25. The highest BCUT2D eigenvalue weighted by Gasteiger charge is 2.54. The van der Waals surface area contributed by atoms with Gasteiger partial charge in [-0.1, -0.05) is 36.4 Å². The molecule has 2 amide bonds. The monoisotopic (exact) mass is 445 g/mol. The van der Waals surface area contributed by atoms with Crippen molar-refractivity contribution in [3.8, 4) is 0 Å². The minimum atomic E-state index is -0.251. The molecule has 6 nitrogen and oxygen atoms in total. The molecule has 0 bridgehead atoms. The lowest BCUT2D eigenvalue weighted by molar-refractivity contribution is -0.130. The average Bonchev–Trinajstić information content (AvgIpc) is 3.46. The first-order valence-corrected chi connectivity index (χ1v) is 11.9. The second-order valence-corrected chi connectivity index (χ2v) is 9.39. The van der Waals surface area contributed by atoms with Crippen LogP contribution in [0, 0.1) is 0 Å². The Labute approximate surface area is 195 Å². The molecule has 172 valence electrons. The van der Waals surface area contributed by atoms with E-state index in [1.807, 2.05) is 29.2 Å². The van der Waals surface area contributed by atoms with Crippen LogP contribution in [0.4, 0.5) is 0 Å². The lowest BCUT2D eigenvalue weighted by Gasteiger charge is -2.44. The molecule has 5 rings (SSSR count). The van der Waals surface area contributed by atoms with E-state index >= 15 is 0 Å². The molecule has 2 heterocycles. The van der Waals surface area contributed by atoms with Crippen molar-refractivity contribution in [1.82, 2.24) is 15.2 Å². The molecule has 33 heavy (non-hydrogen) atoms. The third kappa shape index (κ3) is 4.08. The van der Waals surface area contributed by atoms with E-state index in [0.717, 1.165) is 48.9 Å². The van der Waals surface area contributed by atoms with Gasteiger partial charge in [-0.25, -0.2) is 0 Å². The Hall–Kier alpha value is -2.99. The van der Waals surface area contributed by atoms with Crippen LogP contribution in [0.5, 0.6) is 0 Å². The third-order valence-corrected chi connectivity index (χ3v) is 7.43. The Balaban J connectivity index is 1.44. The maximum Gasteiger partial charge on any atom is 0.249 e. The molecule has 0 radical (unpaired) electrons. The first-order chi connectivity index (χ1) is 16.1. The van der Waals surface area contributed by atoms with E-state index < -0.39 is 0 Å². The summed E-state index contributed by atoms with van der Waals surface area (Å²) in [5.74, 6) is 0.122. The standard InChI is InChI=1S/C27H31N3O3/c1-19(31)29-24-22-11-4-5-12-23(22)27(25(24)33-18-21-10-6-7-15-28-21)13-16-30(17-14-27)26(32)20-8-2-3-9-20/h4-8,10-12,15,24-25H,2-3,9,13-14,16-18H2,1H3,(H,29,31)/t24-,25+/m1/s1. The van der Waals surface area contributed by atoms with Gasteiger partial charge in [0.1, 0.15) is 0 Å². The van der Waals surface area contributed by atoms with Crippen LogP contribution in [0.25, 0.3) is 0 Å². The van der Waals surface area contributed by atoms with E-state index in [1.54, 1.807) is 13.1 Å². The second kappa shape index (κ2) is 9.10. The summed E-state index contributed by atoms with van der Waals surface area (Å²) in [5, 5.41) is 3.16. The van der Waals surface area contributed by atoms with E-state index in [-0.39, 0.29) is 29.4 Å². The molecule has 1 N–H and O–H groups in total. The van der Waals surface area contributed by atoms with Crippen LogP contribution in [0.3, 0.4) is 0 Å². The van der Waals surface area contributed by atoms with Crippen LogP contribution in [0.1, 0.15) is 61.9 Å². The Kier molecular flexibility index (Phi) is 6.02. The number of hydrogen-bond donors (Lipinski definition) is 1. The highest BCUT2D eigenvalue weighted by atomic mass is 16.5. The van der Waals surface area contributed by atoms with Crippen LogP contribution in [-0.4, -0.2) is 40.9 Å². The van der Waals surface area contributed by atoms with Crippen molar-refractivity contribution in [2.75, 3.05) is 13.1 Å². The molecule has 0 saturated carbocycles. The highest BCUT2D eigenvalue weighted by molar-refractivity contribution is 5.93. The SMILES string of the molecule is CC(=O)N[C@@H]1c2ccccc2C2(CCN(C(=O)C3=CCCC3)CC2)[C@H]1OCc1ccccn1.